The SMILES string of the molecule is CCNc1cc(-c2ccc(Cl)cc2F)nc(C(F)(F)F)n1. The average Bonchev–Trinajstić information content (AvgIpc) is 2.37. The molecule has 112 valence electrons. The van der Waals surface area contributed by atoms with Crippen molar-refractivity contribution in [2.45, 2.75) is 13.1 Å². The molecule has 0 amide bonds. The number of alkyl halides is 3. The van der Waals surface area contributed by atoms with Gasteiger partial charge in [0.05, 0.1) is 5.69 Å². The minimum absolute atomic E-state index is 0.0239. The van der Waals surface area contributed by atoms with Crippen LogP contribution in [-0.2, 0) is 6.18 Å². The van der Waals surface area contributed by atoms with E-state index in [9.17, 15) is 17.6 Å². The Balaban J connectivity index is 2.59. The van der Waals surface area contributed by atoms with E-state index in [0.717, 1.165) is 6.07 Å². The first-order valence-corrected chi connectivity index (χ1v) is 6.34. The zero-order valence-corrected chi connectivity index (χ0v) is 11.6. The molecule has 1 heterocycles. The van der Waals surface area contributed by atoms with E-state index in [1.54, 1.807) is 6.92 Å². The van der Waals surface area contributed by atoms with Gasteiger partial charge in [0.25, 0.3) is 0 Å². The normalized spacial score (nSPS) is 11.5. The highest BCUT2D eigenvalue weighted by molar-refractivity contribution is 6.30. The Morgan fingerprint density at radius 1 is 1.19 bits per heavy atom. The fourth-order valence-corrected chi connectivity index (χ4v) is 1.84. The fourth-order valence-electron chi connectivity index (χ4n) is 1.68. The maximum absolute atomic E-state index is 13.8. The molecule has 2 rings (SSSR count). The van der Waals surface area contributed by atoms with Gasteiger partial charge in [-0.15, -0.1) is 0 Å². The Morgan fingerprint density at radius 3 is 2.48 bits per heavy atom. The van der Waals surface area contributed by atoms with Crippen molar-refractivity contribution in [3.63, 3.8) is 0 Å². The standard InChI is InChI=1S/C13H10ClF4N3/c1-2-19-11-6-10(20-12(21-11)13(16,17)18)8-4-3-7(14)5-9(8)15/h3-6H,2H2,1H3,(H,19,20,21). The molecule has 0 aliphatic rings. The Labute approximate surface area is 123 Å². The number of benzene rings is 1. The lowest BCUT2D eigenvalue weighted by atomic mass is 10.1. The van der Waals surface area contributed by atoms with E-state index >= 15 is 0 Å². The predicted octanol–water partition coefficient (Wildman–Crippen LogP) is 4.39. The van der Waals surface area contributed by atoms with Crippen molar-refractivity contribution in [3.8, 4) is 11.3 Å². The molecule has 1 N–H and O–H groups in total. The van der Waals surface area contributed by atoms with Crippen LogP contribution in [0.4, 0.5) is 23.4 Å². The monoisotopic (exact) mass is 319 g/mol. The number of halogens is 5. The van der Waals surface area contributed by atoms with E-state index in [2.05, 4.69) is 15.3 Å². The van der Waals surface area contributed by atoms with Gasteiger partial charge in [-0.3, -0.25) is 0 Å². The second-order valence-electron chi connectivity index (χ2n) is 4.11. The number of nitrogens with zero attached hydrogens (tertiary/aromatic N) is 2. The number of anilines is 1. The van der Waals surface area contributed by atoms with Crippen molar-refractivity contribution in [1.29, 1.82) is 0 Å². The highest BCUT2D eigenvalue weighted by Crippen LogP contribution is 2.31. The number of nitrogens with one attached hydrogen (secondary N) is 1. The van der Waals surface area contributed by atoms with E-state index in [0.29, 0.717) is 6.54 Å². The van der Waals surface area contributed by atoms with Crippen LogP contribution >= 0.6 is 11.6 Å². The molecule has 0 radical (unpaired) electrons. The molecule has 0 aliphatic carbocycles. The Hall–Kier alpha value is -1.89. The van der Waals surface area contributed by atoms with Crippen molar-refractivity contribution in [2.24, 2.45) is 0 Å². The summed E-state index contributed by atoms with van der Waals surface area (Å²) in [5.41, 5.74) is -0.242. The molecule has 0 aliphatic heterocycles. The quantitative estimate of drug-likeness (QED) is 0.853. The van der Waals surface area contributed by atoms with E-state index in [1.165, 1.54) is 18.2 Å². The highest BCUT2D eigenvalue weighted by atomic mass is 35.5. The van der Waals surface area contributed by atoms with Crippen LogP contribution < -0.4 is 5.32 Å². The van der Waals surface area contributed by atoms with Gasteiger partial charge in [-0.05, 0) is 25.1 Å². The Morgan fingerprint density at radius 2 is 1.90 bits per heavy atom. The van der Waals surface area contributed by atoms with E-state index in [1.807, 2.05) is 0 Å². The fraction of sp³-hybridized carbons (Fsp3) is 0.231. The number of rotatable bonds is 3. The van der Waals surface area contributed by atoms with Gasteiger partial charge in [0, 0.05) is 23.2 Å². The van der Waals surface area contributed by atoms with Gasteiger partial charge in [0.15, 0.2) is 0 Å². The highest BCUT2D eigenvalue weighted by Gasteiger charge is 2.35. The summed E-state index contributed by atoms with van der Waals surface area (Å²) in [6.45, 7) is 2.08. The smallest absolute Gasteiger partial charge is 0.370 e. The molecule has 0 atom stereocenters. The lowest BCUT2D eigenvalue weighted by molar-refractivity contribution is -0.144. The largest absolute Gasteiger partial charge is 0.451 e. The molecular formula is C13H10ClF4N3. The average molecular weight is 320 g/mol. The van der Waals surface area contributed by atoms with Crippen LogP contribution in [0.15, 0.2) is 24.3 Å². The van der Waals surface area contributed by atoms with E-state index in [-0.39, 0.29) is 22.1 Å². The third-order valence-electron chi connectivity index (χ3n) is 2.54. The minimum Gasteiger partial charge on any atom is -0.370 e. The zero-order valence-electron chi connectivity index (χ0n) is 10.8. The summed E-state index contributed by atoms with van der Waals surface area (Å²) < 4.78 is 52.2. The van der Waals surface area contributed by atoms with Gasteiger partial charge in [-0.2, -0.15) is 13.2 Å². The molecule has 0 bridgehead atoms. The van der Waals surface area contributed by atoms with Gasteiger partial charge in [-0.25, -0.2) is 14.4 Å². The van der Waals surface area contributed by atoms with Crippen LogP contribution in [0.2, 0.25) is 5.02 Å². The number of hydrogen-bond donors (Lipinski definition) is 1. The summed E-state index contributed by atoms with van der Waals surface area (Å²) >= 11 is 5.62. The Bertz CT molecular complexity index is 658. The van der Waals surface area contributed by atoms with Gasteiger partial charge in [0.2, 0.25) is 5.82 Å². The summed E-state index contributed by atoms with van der Waals surface area (Å²) in [4.78, 5) is 6.76. The maximum Gasteiger partial charge on any atom is 0.451 e. The second-order valence-corrected chi connectivity index (χ2v) is 4.55. The molecule has 21 heavy (non-hydrogen) atoms. The van der Waals surface area contributed by atoms with Gasteiger partial charge in [0.1, 0.15) is 11.6 Å². The van der Waals surface area contributed by atoms with Crippen molar-refractivity contribution in [2.75, 3.05) is 11.9 Å². The molecular weight excluding hydrogens is 310 g/mol. The molecule has 0 saturated heterocycles. The third kappa shape index (κ3) is 3.60. The van der Waals surface area contributed by atoms with Crippen LogP contribution in [0.5, 0.6) is 0 Å². The lowest BCUT2D eigenvalue weighted by Gasteiger charge is -2.11. The first kappa shape index (κ1) is 15.5. The van der Waals surface area contributed by atoms with Crippen molar-refractivity contribution >= 4 is 17.4 Å². The van der Waals surface area contributed by atoms with Gasteiger partial charge < -0.3 is 5.32 Å². The second kappa shape index (κ2) is 5.85. The Kier molecular flexibility index (Phi) is 4.32. The maximum atomic E-state index is 13.8. The van der Waals surface area contributed by atoms with Crippen LogP contribution in [0.25, 0.3) is 11.3 Å². The van der Waals surface area contributed by atoms with Gasteiger partial charge >= 0.3 is 6.18 Å². The van der Waals surface area contributed by atoms with Gasteiger partial charge in [-0.1, -0.05) is 11.6 Å². The summed E-state index contributed by atoms with van der Waals surface area (Å²) in [5.74, 6) is -2.11. The summed E-state index contributed by atoms with van der Waals surface area (Å²) in [5, 5.41) is 2.81. The van der Waals surface area contributed by atoms with Crippen LogP contribution in [0.3, 0.4) is 0 Å². The molecule has 3 nitrogen and oxygen atoms in total. The minimum atomic E-state index is -4.72. The molecule has 0 saturated carbocycles. The first-order valence-electron chi connectivity index (χ1n) is 5.97. The third-order valence-corrected chi connectivity index (χ3v) is 2.78. The summed E-state index contributed by atoms with van der Waals surface area (Å²) in [7, 11) is 0. The predicted molar refractivity (Wildman–Crippen MR) is 71.6 cm³/mol. The topological polar surface area (TPSA) is 37.8 Å². The molecule has 0 unspecified atom stereocenters. The lowest BCUT2D eigenvalue weighted by Crippen LogP contribution is -2.14. The van der Waals surface area contributed by atoms with Crippen LogP contribution in [0, 0.1) is 5.82 Å². The zero-order chi connectivity index (χ0) is 15.6. The van der Waals surface area contributed by atoms with Crippen molar-refractivity contribution in [1.82, 2.24) is 9.97 Å². The molecule has 8 heteroatoms. The summed E-state index contributed by atoms with van der Waals surface area (Å²) in [6.07, 6.45) is -4.72. The van der Waals surface area contributed by atoms with E-state index in [4.69, 9.17) is 11.6 Å². The van der Waals surface area contributed by atoms with Crippen LogP contribution in [0.1, 0.15) is 12.7 Å². The molecule has 1 aromatic carbocycles. The molecule has 2 aromatic rings. The molecule has 0 fully saturated rings. The van der Waals surface area contributed by atoms with E-state index < -0.39 is 17.8 Å². The molecule has 0 spiro atoms. The first-order chi connectivity index (χ1) is 9.81. The molecule has 1 aromatic heterocycles. The number of aromatic nitrogens is 2. The summed E-state index contributed by atoms with van der Waals surface area (Å²) in [6, 6.07) is 4.92. The van der Waals surface area contributed by atoms with Crippen molar-refractivity contribution in [3.05, 3.63) is 40.9 Å². The van der Waals surface area contributed by atoms with Crippen molar-refractivity contribution < 1.29 is 17.6 Å². The van der Waals surface area contributed by atoms with Crippen LogP contribution in [-0.4, -0.2) is 16.5 Å². The number of hydrogen-bond acceptors (Lipinski definition) is 3.